The van der Waals surface area contributed by atoms with Gasteiger partial charge in [0.1, 0.15) is 12.2 Å². The monoisotopic (exact) mass is 478 g/mol. The Bertz CT molecular complexity index is 787. The number of amides is 4. The van der Waals surface area contributed by atoms with Gasteiger partial charge in [0.25, 0.3) is 17.7 Å². The highest BCUT2D eigenvalue weighted by Gasteiger charge is 2.26. The van der Waals surface area contributed by atoms with E-state index in [-0.39, 0.29) is 37.9 Å². The number of nitrogens with zero attached hydrogens (tertiary/aromatic N) is 2. The Kier molecular flexibility index (Phi) is 13.1. The van der Waals surface area contributed by atoms with Gasteiger partial charge in [0.15, 0.2) is 0 Å². The predicted octanol–water partition coefficient (Wildman–Crippen LogP) is 2.07. The minimum Gasteiger partial charge on any atom is -0.461 e. The maximum atomic E-state index is 11.9. The standard InChI is InChI=1S/C24H34N2O8/c1-4-10-20(28)25(17-27)15-18(2)33-23(31)11-8-6-5-7-9-12-24(32)34-19(3)16-26-21(29)13-14-22(26)30/h4,10,13-14,17-19H,5-9,11-12,15-16H2,1-3H3/b10-4-. The fraction of sp³-hybridized carbons (Fsp3) is 0.583. The molecule has 4 amide bonds. The van der Waals surface area contributed by atoms with Gasteiger partial charge >= 0.3 is 11.9 Å². The summed E-state index contributed by atoms with van der Waals surface area (Å²) >= 11 is 0. The second-order valence-electron chi connectivity index (χ2n) is 8.09. The van der Waals surface area contributed by atoms with E-state index >= 15 is 0 Å². The van der Waals surface area contributed by atoms with Crippen molar-refractivity contribution >= 4 is 36.1 Å². The summed E-state index contributed by atoms with van der Waals surface area (Å²) in [6.07, 6.45) is 8.57. The topological polar surface area (TPSA) is 127 Å². The van der Waals surface area contributed by atoms with Crippen LogP contribution in [-0.2, 0) is 38.2 Å². The third-order valence-electron chi connectivity index (χ3n) is 4.94. The van der Waals surface area contributed by atoms with E-state index in [4.69, 9.17) is 9.47 Å². The lowest BCUT2D eigenvalue weighted by Gasteiger charge is -2.19. The van der Waals surface area contributed by atoms with Gasteiger partial charge in [-0.15, -0.1) is 0 Å². The van der Waals surface area contributed by atoms with Crippen LogP contribution >= 0.6 is 0 Å². The smallest absolute Gasteiger partial charge is 0.306 e. The van der Waals surface area contributed by atoms with Crippen LogP contribution in [-0.4, -0.2) is 71.2 Å². The van der Waals surface area contributed by atoms with Crippen LogP contribution in [0.15, 0.2) is 24.3 Å². The molecule has 0 N–H and O–H groups in total. The molecule has 10 heteroatoms. The van der Waals surface area contributed by atoms with Crippen molar-refractivity contribution in [3.8, 4) is 0 Å². The Morgan fingerprint density at radius 3 is 1.91 bits per heavy atom. The van der Waals surface area contributed by atoms with E-state index in [1.165, 1.54) is 24.3 Å². The Labute approximate surface area is 199 Å². The zero-order chi connectivity index (χ0) is 25.5. The van der Waals surface area contributed by atoms with Gasteiger partial charge in [-0.25, -0.2) is 0 Å². The van der Waals surface area contributed by atoms with Crippen molar-refractivity contribution in [2.75, 3.05) is 13.1 Å². The van der Waals surface area contributed by atoms with E-state index in [1.807, 2.05) is 0 Å². The number of allylic oxidation sites excluding steroid dienone is 1. The Morgan fingerprint density at radius 2 is 1.41 bits per heavy atom. The van der Waals surface area contributed by atoms with Crippen LogP contribution in [0.2, 0.25) is 0 Å². The molecular formula is C24H34N2O8. The SMILES string of the molecule is C/C=C\C(=O)N(C=O)CC(C)OC(=O)CCCCCCCC(=O)OC(C)CN1C(=O)C=CC1=O. The normalized spacial score (nSPS) is 14.9. The highest BCUT2D eigenvalue weighted by atomic mass is 16.5. The molecule has 0 aliphatic carbocycles. The summed E-state index contributed by atoms with van der Waals surface area (Å²) in [4.78, 5) is 71.5. The van der Waals surface area contributed by atoms with E-state index in [2.05, 4.69) is 0 Å². The summed E-state index contributed by atoms with van der Waals surface area (Å²) in [6.45, 7) is 4.95. The Morgan fingerprint density at radius 1 is 0.912 bits per heavy atom. The molecule has 0 aromatic carbocycles. The fourth-order valence-corrected chi connectivity index (χ4v) is 3.28. The number of carbonyl (C=O) groups is 6. The van der Waals surface area contributed by atoms with Crippen molar-refractivity contribution in [2.24, 2.45) is 0 Å². The number of esters is 2. The van der Waals surface area contributed by atoms with Crippen LogP contribution in [0.3, 0.4) is 0 Å². The minimum absolute atomic E-state index is 0.00529. The first-order valence-corrected chi connectivity index (χ1v) is 11.5. The highest BCUT2D eigenvalue weighted by Crippen LogP contribution is 2.11. The quantitative estimate of drug-likeness (QED) is 0.108. The molecule has 0 fully saturated rings. The van der Waals surface area contributed by atoms with Crippen molar-refractivity contribution in [3.63, 3.8) is 0 Å². The van der Waals surface area contributed by atoms with Crippen molar-refractivity contribution in [1.29, 1.82) is 0 Å². The maximum absolute atomic E-state index is 11.9. The molecule has 1 rings (SSSR count). The summed E-state index contributed by atoms with van der Waals surface area (Å²) in [5.74, 6) is -2.05. The molecule has 0 aromatic heterocycles. The molecule has 0 radical (unpaired) electrons. The zero-order valence-corrected chi connectivity index (χ0v) is 20.1. The first-order valence-electron chi connectivity index (χ1n) is 11.5. The van der Waals surface area contributed by atoms with E-state index in [0.29, 0.717) is 19.3 Å². The van der Waals surface area contributed by atoms with Crippen molar-refractivity contribution in [3.05, 3.63) is 24.3 Å². The number of hydrogen-bond acceptors (Lipinski definition) is 8. The predicted molar refractivity (Wildman–Crippen MR) is 122 cm³/mol. The molecule has 0 spiro atoms. The van der Waals surface area contributed by atoms with Crippen molar-refractivity contribution < 1.29 is 38.2 Å². The van der Waals surface area contributed by atoms with Gasteiger partial charge in [-0.2, -0.15) is 0 Å². The van der Waals surface area contributed by atoms with Gasteiger partial charge in [0.05, 0.1) is 13.1 Å². The molecule has 10 nitrogen and oxygen atoms in total. The summed E-state index contributed by atoms with van der Waals surface area (Å²) in [5, 5.41) is 0. The lowest BCUT2D eigenvalue weighted by Crippen LogP contribution is -2.37. The summed E-state index contributed by atoms with van der Waals surface area (Å²) in [5.41, 5.74) is 0. The van der Waals surface area contributed by atoms with E-state index in [0.717, 1.165) is 29.1 Å². The summed E-state index contributed by atoms with van der Waals surface area (Å²) in [7, 11) is 0. The molecule has 0 saturated heterocycles. The molecule has 34 heavy (non-hydrogen) atoms. The van der Waals surface area contributed by atoms with Crippen molar-refractivity contribution in [2.45, 2.75) is 77.9 Å². The first kappa shape index (κ1) is 28.7. The van der Waals surface area contributed by atoms with Crippen LogP contribution in [0.5, 0.6) is 0 Å². The average molecular weight is 479 g/mol. The van der Waals surface area contributed by atoms with Gasteiger partial charge in [0.2, 0.25) is 6.41 Å². The number of imide groups is 2. The number of unbranched alkanes of at least 4 members (excludes halogenated alkanes) is 4. The molecule has 2 atom stereocenters. The van der Waals surface area contributed by atoms with E-state index in [1.54, 1.807) is 20.8 Å². The molecule has 0 saturated carbocycles. The number of carbonyl (C=O) groups excluding carboxylic acids is 6. The van der Waals surface area contributed by atoms with E-state index in [9.17, 15) is 28.8 Å². The van der Waals surface area contributed by atoms with Crippen LogP contribution in [0, 0.1) is 0 Å². The van der Waals surface area contributed by atoms with Gasteiger partial charge in [-0.05, 0) is 39.7 Å². The zero-order valence-electron chi connectivity index (χ0n) is 20.1. The Hall–Kier alpha value is -3.30. The van der Waals surface area contributed by atoms with Gasteiger partial charge < -0.3 is 9.47 Å². The molecular weight excluding hydrogens is 444 g/mol. The maximum Gasteiger partial charge on any atom is 0.306 e. The highest BCUT2D eigenvalue weighted by molar-refractivity contribution is 6.12. The third-order valence-corrected chi connectivity index (χ3v) is 4.94. The molecule has 2 unspecified atom stereocenters. The van der Waals surface area contributed by atoms with Gasteiger partial charge in [-0.3, -0.25) is 38.6 Å². The molecule has 0 bridgehead atoms. The molecule has 0 aromatic rings. The van der Waals surface area contributed by atoms with Gasteiger partial charge in [-0.1, -0.05) is 25.3 Å². The lowest BCUT2D eigenvalue weighted by molar-refractivity contribution is -0.152. The second kappa shape index (κ2) is 15.5. The second-order valence-corrected chi connectivity index (χ2v) is 8.09. The average Bonchev–Trinajstić information content (AvgIpc) is 3.08. The minimum atomic E-state index is -0.599. The first-order chi connectivity index (χ1) is 16.2. The Balaban J connectivity index is 2.10. The summed E-state index contributed by atoms with van der Waals surface area (Å²) < 4.78 is 10.5. The number of ether oxygens (including phenoxy) is 2. The lowest BCUT2D eigenvalue weighted by atomic mass is 10.1. The largest absolute Gasteiger partial charge is 0.461 e. The molecule has 188 valence electrons. The van der Waals surface area contributed by atoms with Crippen LogP contribution < -0.4 is 0 Å². The van der Waals surface area contributed by atoms with E-state index < -0.39 is 29.9 Å². The molecule has 1 aliphatic rings. The molecule has 1 aliphatic heterocycles. The number of rotatable bonds is 16. The third kappa shape index (κ3) is 11.0. The fourth-order valence-electron chi connectivity index (χ4n) is 3.28. The van der Waals surface area contributed by atoms with Crippen LogP contribution in [0.25, 0.3) is 0 Å². The van der Waals surface area contributed by atoms with Crippen LogP contribution in [0.1, 0.15) is 65.7 Å². The molecule has 1 heterocycles. The van der Waals surface area contributed by atoms with Crippen molar-refractivity contribution in [1.82, 2.24) is 9.80 Å². The summed E-state index contributed by atoms with van der Waals surface area (Å²) in [6, 6.07) is 0. The van der Waals surface area contributed by atoms with Crippen LogP contribution in [0.4, 0.5) is 0 Å². The van der Waals surface area contributed by atoms with Gasteiger partial charge in [0, 0.05) is 25.0 Å². The number of hydrogen-bond donors (Lipinski definition) is 0.